The van der Waals surface area contributed by atoms with Gasteiger partial charge in [0, 0.05) is 31.9 Å². The Labute approximate surface area is 168 Å². The lowest BCUT2D eigenvalue weighted by molar-refractivity contribution is 0.0600. The molecule has 1 aromatic carbocycles. The molecule has 3 N–H and O–H groups in total. The van der Waals surface area contributed by atoms with Crippen LogP contribution in [-0.4, -0.2) is 66.8 Å². The van der Waals surface area contributed by atoms with E-state index in [4.69, 9.17) is 15.2 Å². The van der Waals surface area contributed by atoms with Crippen molar-refractivity contribution in [2.45, 2.75) is 6.92 Å². The lowest BCUT2D eigenvalue weighted by Gasteiger charge is -2.35. The first-order chi connectivity index (χ1) is 14.0. The maximum absolute atomic E-state index is 11.8. The minimum atomic E-state index is -0.401. The molecule has 2 heterocycles. The summed E-state index contributed by atoms with van der Waals surface area (Å²) in [5, 5.41) is 3.14. The Bertz CT molecular complexity index is 866. The lowest BCUT2D eigenvalue weighted by Crippen LogP contribution is -2.49. The van der Waals surface area contributed by atoms with Crippen molar-refractivity contribution in [1.82, 2.24) is 14.9 Å². The first kappa shape index (κ1) is 20.2. The summed E-state index contributed by atoms with van der Waals surface area (Å²) in [6.45, 7) is 4.38. The first-order valence-corrected chi connectivity index (χ1v) is 9.26. The number of anilines is 4. The number of hydrogen-bond donors (Lipinski definition) is 2. The Morgan fingerprint density at radius 3 is 2.45 bits per heavy atom. The molecule has 0 aliphatic carbocycles. The van der Waals surface area contributed by atoms with Gasteiger partial charge in [-0.05, 0) is 31.2 Å². The second kappa shape index (κ2) is 9.09. The van der Waals surface area contributed by atoms with Gasteiger partial charge in [0.05, 0.1) is 19.3 Å². The number of methoxy groups -OCH3 is 1. The summed E-state index contributed by atoms with van der Waals surface area (Å²) in [5.74, 6) is 0.674. The molecule has 3 rings (SSSR count). The van der Waals surface area contributed by atoms with Crippen LogP contribution in [0.2, 0.25) is 0 Å². The van der Waals surface area contributed by atoms with Crippen molar-refractivity contribution in [3.05, 3.63) is 36.2 Å². The molecule has 10 heteroatoms. The van der Waals surface area contributed by atoms with E-state index in [2.05, 4.69) is 15.3 Å². The summed E-state index contributed by atoms with van der Waals surface area (Å²) in [6.07, 6.45) is 1.13. The van der Waals surface area contributed by atoms with Crippen LogP contribution in [0.5, 0.6) is 0 Å². The smallest absolute Gasteiger partial charge is 0.409 e. The van der Waals surface area contributed by atoms with E-state index < -0.39 is 5.97 Å². The van der Waals surface area contributed by atoms with E-state index >= 15 is 0 Å². The quantitative estimate of drug-likeness (QED) is 0.724. The van der Waals surface area contributed by atoms with Crippen LogP contribution in [0.25, 0.3) is 0 Å². The third kappa shape index (κ3) is 4.65. The maximum atomic E-state index is 11.8. The number of ether oxygens (including phenoxy) is 2. The number of nitrogens with two attached hydrogens (primary N) is 1. The van der Waals surface area contributed by atoms with Crippen LogP contribution in [0, 0.1) is 0 Å². The van der Waals surface area contributed by atoms with E-state index in [0.717, 1.165) is 5.69 Å². The van der Waals surface area contributed by atoms with Crippen molar-refractivity contribution in [3.63, 3.8) is 0 Å². The fourth-order valence-corrected chi connectivity index (χ4v) is 3.00. The molecule has 0 saturated carbocycles. The second-order valence-corrected chi connectivity index (χ2v) is 6.33. The van der Waals surface area contributed by atoms with Gasteiger partial charge >= 0.3 is 12.1 Å². The molecule has 0 spiro atoms. The van der Waals surface area contributed by atoms with Crippen molar-refractivity contribution < 1.29 is 19.1 Å². The minimum Gasteiger partial charge on any atom is -0.465 e. The number of nitrogen functional groups attached to an aromatic ring is 1. The number of nitrogens with one attached hydrogen (secondary N) is 1. The molecular formula is C19H24N6O4. The number of esters is 1. The third-order valence-corrected chi connectivity index (χ3v) is 4.54. The Morgan fingerprint density at radius 1 is 1.14 bits per heavy atom. The first-order valence-electron chi connectivity index (χ1n) is 9.26. The number of carbonyl (C=O) groups is 2. The molecule has 10 nitrogen and oxygen atoms in total. The molecule has 154 valence electrons. The summed E-state index contributed by atoms with van der Waals surface area (Å²) in [6, 6.07) is 6.79. The molecule has 1 amide bonds. The van der Waals surface area contributed by atoms with E-state index in [0.29, 0.717) is 55.7 Å². The predicted octanol–water partition coefficient (Wildman–Crippen LogP) is 1.87. The molecule has 0 atom stereocenters. The average molecular weight is 400 g/mol. The zero-order chi connectivity index (χ0) is 20.8. The molecule has 1 aliphatic heterocycles. The molecule has 0 bridgehead atoms. The highest BCUT2D eigenvalue weighted by Crippen LogP contribution is 2.29. The van der Waals surface area contributed by atoms with Crippen molar-refractivity contribution in [2.24, 2.45) is 0 Å². The monoisotopic (exact) mass is 400 g/mol. The van der Waals surface area contributed by atoms with Crippen molar-refractivity contribution >= 4 is 35.1 Å². The van der Waals surface area contributed by atoms with Crippen LogP contribution >= 0.6 is 0 Å². The molecule has 0 unspecified atom stereocenters. The topological polar surface area (TPSA) is 123 Å². The van der Waals surface area contributed by atoms with Gasteiger partial charge in [0.15, 0.2) is 11.6 Å². The van der Waals surface area contributed by atoms with Gasteiger partial charge in [0.1, 0.15) is 12.0 Å². The molecule has 1 aliphatic rings. The second-order valence-electron chi connectivity index (χ2n) is 6.33. The molecule has 0 radical (unpaired) electrons. The van der Waals surface area contributed by atoms with Gasteiger partial charge < -0.3 is 30.3 Å². The maximum Gasteiger partial charge on any atom is 0.409 e. The van der Waals surface area contributed by atoms with Gasteiger partial charge in [-0.3, -0.25) is 0 Å². The summed E-state index contributed by atoms with van der Waals surface area (Å²) in [7, 11) is 1.34. The number of aromatic nitrogens is 2. The molecule has 1 fully saturated rings. The predicted molar refractivity (Wildman–Crippen MR) is 108 cm³/mol. The third-order valence-electron chi connectivity index (χ3n) is 4.54. The highest BCUT2D eigenvalue weighted by molar-refractivity contribution is 5.90. The fourth-order valence-electron chi connectivity index (χ4n) is 3.00. The van der Waals surface area contributed by atoms with Crippen LogP contribution in [0.3, 0.4) is 0 Å². The lowest BCUT2D eigenvalue weighted by atomic mass is 10.2. The van der Waals surface area contributed by atoms with E-state index in [1.54, 1.807) is 36.1 Å². The zero-order valence-corrected chi connectivity index (χ0v) is 16.4. The summed E-state index contributed by atoms with van der Waals surface area (Å²) < 4.78 is 9.74. The number of nitrogens with zero attached hydrogens (tertiary/aromatic N) is 4. The molecule has 1 saturated heterocycles. The van der Waals surface area contributed by atoms with E-state index in [-0.39, 0.29) is 6.09 Å². The number of piperazine rings is 1. The van der Waals surface area contributed by atoms with Crippen LogP contribution < -0.4 is 16.0 Å². The van der Waals surface area contributed by atoms with Gasteiger partial charge in [-0.1, -0.05) is 0 Å². The Morgan fingerprint density at radius 2 is 1.83 bits per heavy atom. The van der Waals surface area contributed by atoms with Gasteiger partial charge in [0.25, 0.3) is 0 Å². The molecule has 2 aromatic rings. The van der Waals surface area contributed by atoms with Crippen molar-refractivity contribution in [3.8, 4) is 0 Å². The standard InChI is InChI=1S/C19H24N6O4/c1-3-29-19(27)25-10-8-24(9-11-25)17-15(20)16(21-12-22-17)23-14-6-4-13(5-7-14)18(26)28-2/h4-7,12H,3,8-11,20H2,1-2H3,(H,21,22,23). The van der Waals surface area contributed by atoms with Crippen LogP contribution in [0.4, 0.5) is 27.8 Å². The Hall–Kier alpha value is -3.56. The number of amides is 1. The molecule has 1 aromatic heterocycles. The normalized spacial score (nSPS) is 13.7. The summed E-state index contributed by atoms with van der Waals surface area (Å²) in [4.78, 5) is 35.6. The van der Waals surface area contributed by atoms with Gasteiger partial charge in [-0.25, -0.2) is 19.6 Å². The van der Waals surface area contributed by atoms with Crippen molar-refractivity contribution in [2.75, 3.05) is 55.8 Å². The molecule has 29 heavy (non-hydrogen) atoms. The van der Waals surface area contributed by atoms with E-state index in [9.17, 15) is 9.59 Å². The number of benzene rings is 1. The molecular weight excluding hydrogens is 376 g/mol. The number of rotatable bonds is 5. The zero-order valence-electron chi connectivity index (χ0n) is 16.4. The summed E-state index contributed by atoms with van der Waals surface area (Å²) >= 11 is 0. The Kier molecular flexibility index (Phi) is 6.32. The van der Waals surface area contributed by atoms with Crippen LogP contribution in [0.15, 0.2) is 30.6 Å². The highest BCUT2D eigenvalue weighted by atomic mass is 16.6. The number of carbonyl (C=O) groups excluding carboxylic acids is 2. The summed E-state index contributed by atoms with van der Waals surface area (Å²) in [5.41, 5.74) is 7.88. The average Bonchev–Trinajstić information content (AvgIpc) is 2.75. The van der Waals surface area contributed by atoms with Gasteiger partial charge in [-0.2, -0.15) is 0 Å². The highest BCUT2D eigenvalue weighted by Gasteiger charge is 2.24. The number of hydrogen-bond acceptors (Lipinski definition) is 9. The van der Waals surface area contributed by atoms with Gasteiger partial charge in [0.2, 0.25) is 0 Å². The SMILES string of the molecule is CCOC(=O)N1CCN(c2ncnc(Nc3ccc(C(=O)OC)cc3)c2N)CC1. The fraction of sp³-hybridized carbons (Fsp3) is 0.368. The van der Waals surface area contributed by atoms with Crippen LogP contribution in [0.1, 0.15) is 17.3 Å². The largest absolute Gasteiger partial charge is 0.465 e. The van der Waals surface area contributed by atoms with Gasteiger partial charge in [-0.15, -0.1) is 0 Å². The van der Waals surface area contributed by atoms with E-state index in [1.807, 2.05) is 4.90 Å². The van der Waals surface area contributed by atoms with Crippen molar-refractivity contribution in [1.29, 1.82) is 0 Å². The minimum absolute atomic E-state index is 0.305. The van der Waals surface area contributed by atoms with Crippen LogP contribution in [-0.2, 0) is 9.47 Å². The Balaban J connectivity index is 1.69. The van der Waals surface area contributed by atoms with E-state index in [1.165, 1.54) is 13.4 Å².